The Balaban J connectivity index is 1.75. The third kappa shape index (κ3) is 2.80. The molecule has 0 bridgehead atoms. The number of hydrogen-bond donors (Lipinski definition) is 1. The highest BCUT2D eigenvalue weighted by atomic mass is 79.9. The Hall–Kier alpha value is -1.17. The number of ether oxygens (including phenoxy) is 2. The van der Waals surface area contributed by atoms with E-state index in [1.54, 1.807) is 6.20 Å². The molecule has 20 heavy (non-hydrogen) atoms. The molecule has 0 saturated heterocycles. The molecular formula is C13H9BrCl2N2O2. The first-order chi connectivity index (χ1) is 9.63. The van der Waals surface area contributed by atoms with Crippen LogP contribution in [-0.2, 0) is 6.54 Å². The monoisotopic (exact) mass is 374 g/mol. The maximum Gasteiger partial charge on any atom is 0.231 e. The summed E-state index contributed by atoms with van der Waals surface area (Å²) in [7, 11) is 0. The highest BCUT2D eigenvalue weighted by Gasteiger charge is 2.18. The number of fused-ring (bicyclic) bond motifs is 1. The van der Waals surface area contributed by atoms with Crippen molar-refractivity contribution in [3.05, 3.63) is 44.6 Å². The van der Waals surface area contributed by atoms with Crippen LogP contribution in [0.25, 0.3) is 0 Å². The van der Waals surface area contributed by atoms with Gasteiger partial charge in [0.05, 0.1) is 21.4 Å². The van der Waals surface area contributed by atoms with Crippen molar-refractivity contribution >= 4 is 44.8 Å². The second kappa shape index (κ2) is 5.68. The molecule has 1 aliphatic rings. The first kappa shape index (κ1) is 13.8. The molecule has 0 spiro atoms. The van der Waals surface area contributed by atoms with E-state index in [-0.39, 0.29) is 6.79 Å². The lowest BCUT2D eigenvalue weighted by Crippen LogP contribution is -2.00. The van der Waals surface area contributed by atoms with Crippen LogP contribution in [0, 0.1) is 0 Å². The standard InChI is InChI=1S/C13H9BrCl2N2O2/c14-9-3-8(5-18-13(9)16)17-4-7-1-10(15)12-11(2-7)19-6-20-12/h1-3,5,17H,4,6H2. The fourth-order valence-corrected chi connectivity index (χ4v) is 2.59. The van der Waals surface area contributed by atoms with Crippen molar-refractivity contribution < 1.29 is 9.47 Å². The summed E-state index contributed by atoms with van der Waals surface area (Å²) in [5, 5.41) is 4.22. The lowest BCUT2D eigenvalue weighted by Gasteiger charge is -2.08. The van der Waals surface area contributed by atoms with Crippen LogP contribution in [0.5, 0.6) is 11.5 Å². The molecule has 104 valence electrons. The molecule has 4 nitrogen and oxygen atoms in total. The number of rotatable bonds is 3. The van der Waals surface area contributed by atoms with Gasteiger partial charge in [-0.05, 0) is 39.7 Å². The number of hydrogen-bond acceptors (Lipinski definition) is 4. The molecule has 2 heterocycles. The van der Waals surface area contributed by atoms with Gasteiger partial charge in [-0.1, -0.05) is 23.2 Å². The summed E-state index contributed by atoms with van der Waals surface area (Å²) in [6, 6.07) is 5.62. The number of nitrogens with one attached hydrogen (secondary N) is 1. The number of benzene rings is 1. The van der Waals surface area contributed by atoms with Gasteiger partial charge in [0.1, 0.15) is 5.15 Å². The predicted octanol–water partition coefficient (Wildman–Crippen LogP) is 4.49. The molecule has 0 fully saturated rings. The maximum absolute atomic E-state index is 6.13. The highest BCUT2D eigenvalue weighted by Crippen LogP contribution is 2.39. The molecule has 3 rings (SSSR count). The molecule has 0 unspecified atom stereocenters. The van der Waals surface area contributed by atoms with Crippen LogP contribution in [0.15, 0.2) is 28.9 Å². The van der Waals surface area contributed by atoms with Gasteiger partial charge in [0.15, 0.2) is 11.5 Å². The Morgan fingerprint density at radius 2 is 2.10 bits per heavy atom. The largest absolute Gasteiger partial charge is 0.454 e. The van der Waals surface area contributed by atoms with Crippen molar-refractivity contribution in [3.8, 4) is 11.5 Å². The van der Waals surface area contributed by atoms with Crippen LogP contribution in [-0.4, -0.2) is 11.8 Å². The van der Waals surface area contributed by atoms with Crippen molar-refractivity contribution in [3.63, 3.8) is 0 Å². The summed E-state index contributed by atoms with van der Waals surface area (Å²) >= 11 is 15.3. The summed E-state index contributed by atoms with van der Waals surface area (Å²) in [4.78, 5) is 4.05. The SMILES string of the molecule is Clc1cc(CNc2cnc(Cl)c(Br)c2)cc2c1OCO2. The van der Waals surface area contributed by atoms with Crippen LogP contribution in [0.4, 0.5) is 5.69 Å². The zero-order valence-corrected chi connectivity index (χ0v) is 13.2. The van der Waals surface area contributed by atoms with Crippen molar-refractivity contribution in [2.45, 2.75) is 6.54 Å². The van der Waals surface area contributed by atoms with Gasteiger partial charge in [0.2, 0.25) is 6.79 Å². The molecule has 1 N–H and O–H groups in total. The van der Waals surface area contributed by atoms with Crippen LogP contribution >= 0.6 is 39.1 Å². The first-order valence-corrected chi connectivity index (χ1v) is 7.31. The molecule has 0 radical (unpaired) electrons. The van der Waals surface area contributed by atoms with E-state index in [0.29, 0.717) is 28.2 Å². The third-order valence-corrected chi connectivity index (χ3v) is 4.19. The minimum atomic E-state index is 0.208. The van der Waals surface area contributed by atoms with Gasteiger partial charge in [-0.25, -0.2) is 4.98 Å². The van der Waals surface area contributed by atoms with Crippen molar-refractivity contribution in [2.24, 2.45) is 0 Å². The summed E-state index contributed by atoms with van der Waals surface area (Å²) in [5.41, 5.74) is 1.85. The second-order valence-corrected chi connectivity index (χ2v) is 5.78. The number of halogens is 3. The molecule has 7 heteroatoms. The van der Waals surface area contributed by atoms with Crippen molar-refractivity contribution in [1.82, 2.24) is 4.98 Å². The topological polar surface area (TPSA) is 43.4 Å². The molecule has 0 atom stereocenters. The molecule has 0 amide bonds. The molecule has 0 saturated carbocycles. The van der Waals surface area contributed by atoms with Crippen molar-refractivity contribution in [1.29, 1.82) is 0 Å². The number of anilines is 1. The molecule has 0 aliphatic carbocycles. The quantitative estimate of drug-likeness (QED) is 0.802. The smallest absolute Gasteiger partial charge is 0.231 e. The highest BCUT2D eigenvalue weighted by molar-refractivity contribution is 9.10. The number of pyridine rings is 1. The van der Waals surface area contributed by atoms with E-state index in [0.717, 1.165) is 15.7 Å². The Morgan fingerprint density at radius 1 is 1.25 bits per heavy atom. The lowest BCUT2D eigenvalue weighted by atomic mass is 10.2. The van der Waals surface area contributed by atoms with Crippen molar-refractivity contribution in [2.75, 3.05) is 12.1 Å². The van der Waals surface area contributed by atoms with Crippen LogP contribution in [0.3, 0.4) is 0 Å². The summed E-state index contributed by atoms with van der Waals surface area (Å²) < 4.78 is 11.3. The Kier molecular flexibility index (Phi) is 3.92. The molecule has 1 aliphatic heterocycles. The molecule has 2 aromatic rings. The second-order valence-electron chi connectivity index (χ2n) is 4.16. The van der Waals surface area contributed by atoms with Gasteiger partial charge in [-0.2, -0.15) is 0 Å². The van der Waals surface area contributed by atoms with Gasteiger partial charge in [-0.15, -0.1) is 0 Å². The van der Waals surface area contributed by atoms with E-state index in [1.807, 2.05) is 18.2 Å². The number of aromatic nitrogens is 1. The Morgan fingerprint density at radius 3 is 2.90 bits per heavy atom. The van der Waals surface area contributed by atoms with E-state index in [9.17, 15) is 0 Å². The Labute approximate surface area is 134 Å². The van der Waals surface area contributed by atoms with E-state index in [2.05, 4.69) is 26.2 Å². The fourth-order valence-electron chi connectivity index (χ4n) is 1.84. The molecule has 1 aromatic heterocycles. The maximum atomic E-state index is 6.13. The zero-order chi connectivity index (χ0) is 14.1. The fraction of sp³-hybridized carbons (Fsp3) is 0.154. The minimum absolute atomic E-state index is 0.208. The average molecular weight is 376 g/mol. The van der Waals surface area contributed by atoms with Crippen LogP contribution < -0.4 is 14.8 Å². The van der Waals surface area contributed by atoms with E-state index >= 15 is 0 Å². The minimum Gasteiger partial charge on any atom is -0.454 e. The van der Waals surface area contributed by atoms with Crippen LogP contribution in [0.2, 0.25) is 10.2 Å². The average Bonchev–Trinajstić information content (AvgIpc) is 2.89. The predicted molar refractivity (Wildman–Crippen MR) is 81.8 cm³/mol. The van der Waals surface area contributed by atoms with Gasteiger partial charge in [0.25, 0.3) is 0 Å². The lowest BCUT2D eigenvalue weighted by molar-refractivity contribution is 0.174. The van der Waals surface area contributed by atoms with Gasteiger partial charge < -0.3 is 14.8 Å². The number of nitrogens with zero attached hydrogens (tertiary/aromatic N) is 1. The van der Waals surface area contributed by atoms with Crippen LogP contribution in [0.1, 0.15) is 5.56 Å². The first-order valence-electron chi connectivity index (χ1n) is 5.76. The normalized spacial score (nSPS) is 12.6. The zero-order valence-electron chi connectivity index (χ0n) is 10.1. The third-order valence-electron chi connectivity index (χ3n) is 2.78. The van der Waals surface area contributed by atoms with E-state index < -0.39 is 0 Å². The summed E-state index contributed by atoms with van der Waals surface area (Å²) in [6.45, 7) is 0.798. The van der Waals surface area contributed by atoms with Gasteiger partial charge in [0, 0.05) is 6.54 Å². The van der Waals surface area contributed by atoms with E-state index in [1.165, 1.54) is 0 Å². The Bertz CT molecular complexity index is 667. The summed E-state index contributed by atoms with van der Waals surface area (Å²) in [6.07, 6.45) is 1.67. The molecular weight excluding hydrogens is 367 g/mol. The van der Waals surface area contributed by atoms with Gasteiger partial charge in [-0.3, -0.25) is 0 Å². The van der Waals surface area contributed by atoms with Gasteiger partial charge >= 0.3 is 0 Å². The summed E-state index contributed by atoms with van der Waals surface area (Å²) in [5.74, 6) is 1.27. The van der Waals surface area contributed by atoms with E-state index in [4.69, 9.17) is 32.7 Å². The molecule has 1 aromatic carbocycles.